The van der Waals surface area contributed by atoms with Crippen molar-refractivity contribution >= 4 is 11.8 Å². The molecular formula is C10H17N3OS. The van der Waals surface area contributed by atoms with Crippen LogP contribution in [0.3, 0.4) is 0 Å². The van der Waals surface area contributed by atoms with Crippen molar-refractivity contribution in [3.63, 3.8) is 0 Å². The van der Waals surface area contributed by atoms with E-state index in [-0.39, 0.29) is 6.10 Å². The second-order valence-electron chi connectivity index (χ2n) is 4.10. The first-order chi connectivity index (χ1) is 7.18. The summed E-state index contributed by atoms with van der Waals surface area (Å²) in [5.74, 6) is 0.919. The molecule has 4 nitrogen and oxygen atoms in total. The number of aliphatic hydroxyl groups excluding tert-OH is 1. The average molecular weight is 227 g/mol. The van der Waals surface area contributed by atoms with E-state index in [4.69, 9.17) is 0 Å². The first-order valence-electron chi connectivity index (χ1n) is 5.39. The molecule has 0 spiro atoms. The zero-order valence-corrected chi connectivity index (χ0v) is 10.00. The van der Waals surface area contributed by atoms with Crippen molar-refractivity contribution in [2.75, 3.05) is 0 Å². The maximum atomic E-state index is 9.85. The number of nitrogens with zero attached hydrogens (tertiary/aromatic N) is 3. The number of rotatable bonds is 2. The molecule has 1 aromatic heterocycles. The zero-order valence-electron chi connectivity index (χ0n) is 9.18. The third kappa shape index (κ3) is 2.34. The molecule has 5 heteroatoms. The fourth-order valence-corrected chi connectivity index (χ4v) is 3.07. The van der Waals surface area contributed by atoms with Gasteiger partial charge >= 0.3 is 0 Å². The van der Waals surface area contributed by atoms with Crippen LogP contribution in [-0.4, -0.2) is 31.2 Å². The van der Waals surface area contributed by atoms with Crippen LogP contribution in [0.1, 0.15) is 31.5 Å². The van der Waals surface area contributed by atoms with Gasteiger partial charge in [0.2, 0.25) is 0 Å². The summed E-state index contributed by atoms with van der Waals surface area (Å²) in [7, 11) is 1.97. The van der Waals surface area contributed by atoms with E-state index < -0.39 is 0 Å². The molecule has 1 aliphatic rings. The summed E-state index contributed by atoms with van der Waals surface area (Å²) in [6.07, 6.45) is 4.19. The Morgan fingerprint density at radius 3 is 2.67 bits per heavy atom. The van der Waals surface area contributed by atoms with Crippen molar-refractivity contribution in [2.24, 2.45) is 7.05 Å². The second kappa shape index (κ2) is 4.53. The highest BCUT2D eigenvalue weighted by molar-refractivity contribution is 7.99. The molecule has 84 valence electrons. The van der Waals surface area contributed by atoms with Crippen LogP contribution in [0.25, 0.3) is 0 Å². The molecule has 2 rings (SSSR count). The van der Waals surface area contributed by atoms with Gasteiger partial charge in [0.25, 0.3) is 0 Å². The molecule has 0 saturated heterocycles. The minimum absolute atomic E-state index is 0.180. The number of hydrogen-bond donors (Lipinski definition) is 1. The fraction of sp³-hybridized carbons (Fsp3) is 0.800. The third-order valence-electron chi connectivity index (χ3n) is 2.98. The van der Waals surface area contributed by atoms with E-state index in [9.17, 15) is 5.11 Å². The van der Waals surface area contributed by atoms with Crippen molar-refractivity contribution in [1.29, 1.82) is 0 Å². The third-order valence-corrected chi connectivity index (χ3v) is 4.40. The molecule has 1 aliphatic carbocycles. The van der Waals surface area contributed by atoms with Crippen molar-refractivity contribution in [2.45, 2.75) is 49.1 Å². The summed E-state index contributed by atoms with van der Waals surface area (Å²) in [6, 6.07) is 0. The summed E-state index contributed by atoms with van der Waals surface area (Å²) >= 11 is 1.66. The highest BCUT2D eigenvalue weighted by Gasteiger charge is 2.25. The highest BCUT2D eigenvalue weighted by atomic mass is 32.2. The maximum Gasteiger partial charge on any atom is 0.191 e. The summed E-state index contributed by atoms with van der Waals surface area (Å²) in [5.41, 5.74) is 0. The number of aryl methyl sites for hydroxylation is 1. The van der Waals surface area contributed by atoms with Crippen LogP contribution in [-0.2, 0) is 7.05 Å². The normalized spacial score (nSPS) is 26.9. The molecule has 1 heterocycles. The molecule has 0 bridgehead atoms. The van der Waals surface area contributed by atoms with Crippen LogP contribution >= 0.6 is 11.8 Å². The van der Waals surface area contributed by atoms with E-state index >= 15 is 0 Å². The Labute approximate surface area is 94.1 Å². The summed E-state index contributed by atoms with van der Waals surface area (Å²) < 4.78 is 1.98. The number of aliphatic hydroxyl groups is 1. The summed E-state index contributed by atoms with van der Waals surface area (Å²) in [6.45, 7) is 1.94. The van der Waals surface area contributed by atoms with Crippen molar-refractivity contribution in [3.05, 3.63) is 5.82 Å². The van der Waals surface area contributed by atoms with E-state index in [1.165, 1.54) is 6.42 Å². The maximum absolute atomic E-state index is 9.85. The van der Waals surface area contributed by atoms with Crippen molar-refractivity contribution in [1.82, 2.24) is 14.8 Å². The van der Waals surface area contributed by atoms with Crippen molar-refractivity contribution < 1.29 is 5.11 Å². The Bertz CT molecular complexity index is 339. The molecule has 0 aromatic carbocycles. The predicted octanol–water partition coefficient (Wildman–Crippen LogP) is 1.52. The van der Waals surface area contributed by atoms with Gasteiger partial charge in [0.15, 0.2) is 5.16 Å². The summed E-state index contributed by atoms with van der Waals surface area (Å²) in [5, 5.41) is 19.2. The van der Waals surface area contributed by atoms with Gasteiger partial charge in [0.05, 0.1) is 6.10 Å². The highest BCUT2D eigenvalue weighted by Crippen LogP contribution is 2.32. The van der Waals surface area contributed by atoms with E-state index in [2.05, 4.69) is 10.2 Å². The molecule has 1 saturated carbocycles. The van der Waals surface area contributed by atoms with Crippen LogP contribution in [0.4, 0.5) is 0 Å². The van der Waals surface area contributed by atoms with E-state index in [0.29, 0.717) is 5.25 Å². The summed E-state index contributed by atoms with van der Waals surface area (Å²) in [4.78, 5) is 0. The molecule has 1 aromatic rings. The standard InChI is InChI=1S/C10H17N3OS/c1-7-11-12-10(13(7)2)15-9-6-4-3-5-8(9)14/h8-9,14H,3-6H2,1-2H3. The minimum atomic E-state index is -0.180. The second-order valence-corrected chi connectivity index (χ2v) is 5.30. The number of aromatic nitrogens is 3. The quantitative estimate of drug-likeness (QED) is 0.832. The molecule has 2 unspecified atom stereocenters. The molecule has 1 N–H and O–H groups in total. The Balaban J connectivity index is 2.04. The number of hydrogen-bond acceptors (Lipinski definition) is 4. The number of thioether (sulfide) groups is 1. The van der Waals surface area contributed by atoms with Gasteiger partial charge < -0.3 is 9.67 Å². The Morgan fingerprint density at radius 1 is 1.33 bits per heavy atom. The Morgan fingerprint density at radius 2 is 2.07 bits per heavy atom. The van der Waals surface area contributed by atoms with E-state index in [1.807, 2.05) is 18.5 Å². The fourth-order valence-electron chi connectivity index (χ4n) is 1.84. The molecule has 2 atom stereocenters. The lowest BCUT2D eigenvalue weighted by Crippen LogP contribution is -2.27. The smallest absolute Gasteiger partial charge is 0.191 e. The minimum Gasteiger partial charge on any atom is -0.392 e. The molecular weight excluding hydrogens is 210 g/mol. The molecule has 0 aliphatic heterocycles. The van der Waals surface area contributed by atoms with Gasteiger partial charge in [-0.1, -0.05) is 24.6 Å². The van der Waals surface area contributed by atoms with Crippen LogP contribution in [0, 0.1) is 6.92 Å². The molecule has 1 fully saturated rings. The van der Waals surface area contributed by atoms with Crippen LogP contribution in [0.2, 0.25) is 0 Å². The van der Waals surface area contributed by atoms with Gasteiger partial charge in [-0.2, -0.15) is 0 Å². The van der Waals surface area contributed by atoms with Gasteiger partial charge in [-0.15, -0.1) is 10.2 Å². The van der Waals surface area contributed by atoms with Crippen LogP contribution in [0.5, 0.6) is 0 Å². The Hall–Kier alpha value is -0.550. The van der Waals surface area contributed by atoms with Gasteiger partial charge in [-0.25, -0.2) is 0 Å². The van der Waals surface area contributed by atoms with Crippen LogP contribution < -0.4 is 0 Å². The first kappa shape index (κ1) is 11.0. The SMILES string of the molecule is Cc1nnc(SC2CCCCC2O)n1C. The lowest BCUT2D eigenvalue weighted by atomic mass is 9.97. The van der Waals surface area contributed by atoms with Gasteiger partial charge in [0.1, 0.15) is 5.82 Å². The van der Waals surface area contributed by atoms with Crippen molar-refractivity contribution in [3.8, 4) is 0 Å². The van der Waals surface area contributed by atoms with E-state index in [1.54, 1.807) is 11.8 Å². The van der Waals surface area contributed by atoms with E-state index in [0.717, 1.165) is 30.2 Å². The van der Waals surface area contributed by atoms with Gasteiger partial charge in [-0.3, -0.25) is 0 Å². The average Bonchev–Trinajstić information content (AvgIpc) is 2.53. The molecule has 0 radical (unpaired) electrons. The molecule has 15 heavy (non-hydrogen) atoms. The van der Waals surface area contributed by atoms with Gasteiger partial charge in [0, 0.05) is 12.3 Å². The molecule has 0 amide bonds. The van der Waals surface area contributed by atoms with Crippen LogP contribution in [0.15, 0.2) is 5.16 Å². The predicted molar refractivity (Wildman–Crippen MR) is 59.9 cm³/mol. The van der Waals surface area contributed by atoms with Gasteiger partial charge in [-0.05, 0) is 19.8 Å². The lowest BCUT2D eigenvalue weighted by Gasteiger charge is -2.26. The first-order valence-corrected chi connectivity index (χ1v) is 6.27. The monoisotopic (exact) mass is 227 g/mol. The largest absolute Gasteiger partial charge is 0.392 e. The zero-order chi connectivity index (χ0) is 10.8. The lowest BCUT2D eigenvalue weighted by molar-refractivity contribution is 0.137. The topological polar surface area (TPSA) is 50.9 Å². The Kier molecular flexibility index (Phi) is 3.31.